The van der Waals surface area contributed by atoms with Gasteiger partial charge >= 0.3 is 0 Å². The molecule has 2 N–H and O–H groups in total. The van der Waals surface area contributed by atoms with Gasteiger partial charge in [-0.1, -0.05) is 11.8 Å². The molecule has 0 bridgehead atoms. The molecule has 5 heteroatoms. The zero-order chi connectivity index (χ0) is 18.2. The van der Waals surface area contributed by atoms with Gasteiger partial charge in [0, 0.05) is 43.5 Å². The molecule has 0 saturated carbocycles. The van der Waals surface area contributed by atoms with Crippen LogP contribution in [0.25, 0.3) is 0 Å². The number of carbonyl (C=O) groups is 2. The Kier molecular flexibility index (Phi) is 6.19. The van der Waals surface area contributed by atoms with Crippen molar-refractivity contribution in [3.05, 3.63) is 59.7 Å². The van der Waals surface area contributed by atoms with E-state index in [0.717, 1.165) is 16.9 Å². The van der Waals surface area contributed by atoms with Crippen molar-refractivity contribution < 1.29 is 9.59 Å². The molecule has 2 aromatic rings. The molecular formula is C20H21N3O2. The number of amides is 2. The SMILES string of the molecule is CC(=O)Nc1ccc(C#CCNC(=O)c2ccc(N(C)C)cc2)cc1. The van der Waals surface area contributed by atoms with Gasteiger partial charge in [-0.15, -0.1) is 0 Å². The van der Waals surface area contributed by atoms with Gasteiger partial charge in [0.25, 0.3) is 5.91 Å². The first kappa shape index (κ1) is 18.1. The fourth-order valence-electron chi connectivity index (χ4n) is 2.12. The molecule has 0 atom stereocenters. The number of hydrogen-bond donors (Lipinski definition) is 2. The maximum absolute atomic E-state index is 12.1. The number of rotatable bonds is 4. The summed E-state index contributed by atoms with van der Waals surface area (Å²) < 4.78 is 0. The highest BCUT2D eigenvalue weighted by atomic mass is 16.2. The van der Waals surface area contributed by atoms with Crippen molar-refractivity contribution in [3.8, 4) is 11.8 Å². The highest BCUT2D eigenvalue weighted by Crippen LogP contribution is 2.12. The Hall–Kier alpha value is -3.26. The molecule has 0 aliphatic carbocycles. The third-order valence-corrected chi connectivity index (χ3v) is 3.42. The van der Waals surface area contributed by atoms with E-state index >= 15 is 0 Å². The first-order valence-electron chi connectivity index (χ1n) is 7.88. The van der Waals surface area contributed by atoms with Crippen LogP contribution in [-0.2, 0) is 4.79 Å². The second kappa shape index (κ2) is 8.55. The first-order chi connectivity index (χ1) is 12.0. The summed E-state index contributed by atoms with van der Waals surface area (Å²) in [5.41, 5.74) is 3.19. The van der Waals surface area contributed by atoms with Crippen LogP contribution in [0.3, 0.4) is 0 Å². The molecule has 5 nitrogen and oxygen atoms in total. The minimum atomic E-state index is -0.152. The topological polar surface area (TPSA) is 61.4 Å². The molecule has 2 rings (SSSR count). The molecule has 128 valence electrons. The van der Waals surface area contributed by atoms with Crippen molar-refractivity contribution in [3.63, 3.8) is 0 Å². The fraction of sp³-hybridized carbons (Fsp3) is 0.200. The molecule has 0 aliphatic heterocycles. The third kappa shape index (κ3) is 5.70. The minimum absolute atomic E-state index is 0.111. The summed E-state index contributed by atoms with van der Waals surface area (Å²) in [5.74, 6) is 5.62. The van der Waals surface area contributed by atoms with Crippen molar-refractivity contribution in [2.75, 3.05) is 30.9 Å². The monoisotopic (exact) mass is 335 g/mol. The molecule has 2 amide bonds. The lowest BCUT2D eigenvalue weighted by Gasteiger charge is -2.12. The Morgan fingerprint density at radius 1 is 1.00 bits per heavy atom. The average molecular weight is 335 g/mol. The van der Waals surface area contributed by atoms with E-state index in [0.29, 0.717) is 5.56 Å². The van der Waals surface area contributed by atoms with Gasteiger partial charge in [-0.05, 0) is 48.5 Å². The van der Waals surface area contributed by atoms with Gasteiger partial charge < -0.3 is 15.5 Å². The van der Waals surface area contributed by atoms with Crippen molar-refractivity contribution >= 4 is 23.2 Å². The van der Waals surface area contributed by atoms with Crippen molar-refractivity contribution in [2.24, 2.45) is 0 Å². The van der Waals surface area contributed by atoms with Crippen LogP contribution in [0.15, 0.2) is 48.5 Å². The number of benzene rings is 2. The molecule has 0 spiro atoms. The van der Waals surface area contributed by atoms with E-state index in [2.05, 4.69) is 22.5 Å². The van der Waals surface area contributed by atoms with Gasteiger partial charge in [-0.2, -0.15) is 0 Å². The number of anilines is 2. The summed E-state index contributed by atoms with van der Waals surface area (Å²) in [7, 11) is 3.90. The average Bonchev–Trinajstić information content (AvgIpc) is 2.59. The fourth-order valence-corrected chi connectivity index (χ4v) is 2.12. The summed E-state index contributed by atoms with van der Waals surface area (Å²) in [6.07, 6.45) is 0. The molecule has 0 saturated heterocycles. The maximum Gasteiger partial charge on any atom is 0.252 e. The number of carbonyl (C=O) groups excluding carboxylic acids is 2. The Balaban J connectivity index is 1.87. The Morgan fingerprint density at radius 3 is 2.20 bits per heavy atom. The lowest BCUT2D eigenvalue weighted by atomic mass is 10.2. The number of hydrogen-bond acceptors (Lipinski definition) is 3. The zero-order valence-electron chi connectivity index (χ0n) is 14.6. The molecule has 0 aliphatic rings. The second-order valence-electron chi connectivity index (χ2n) is 5.68. The lowest BCUT2D eigenvalue weighted by Crippen LogP contribution is -2.23. The van der Waals surface area contributed by atoms with Crippen LogP contribution in [0, 0.1) is 11.8 Å². The van der Waals surface area contributed by atoms with Crippen LogP contribution >= 0.6 is 0 Å². The molecule has 0 unspecified atom stereocenters. The van der Waals surface area contributed by atoms with Gasteiger partial charge in [0.2, 0.25) is 5.91 Å². The molecule has 2 aromatic carbocycles. The smallest absolute Gasteiger partial charge is 0.252 e. The van der Waals surface area contributed by atoms with Gasteiger partial charge in [0.05, 0.1) is 6.54 Å². The number of nitrogens with one attached hydrogen (secondary N) is 2. The highest BCUT2D eigenvalue weighted by Gasteiger charge is 2.04. The normalized spacial score (nSPS) is 9.56. The van der Waals surface area contributed by atoms with Crippen molar-refractivity contribution in [1.29, 1.82) is 0 Å². The summed E-state index contributed by atoms with van der Waals surface area (Å²) in [4.78, 5) is 25.0. The Bertz CT molecular complexity index is 798. The van der Waals surface area contributed by atoms with E-state index in [1.807, 2.05) is 43.3 Å². The number of nitrogens with zero attached hydrogens (tertiary/aromatic N) is 1. The molecule has 25 heavy (non-hydrogen) atoms. The van der Waals surface area contributed by atoms with E-state index in [1.165, 1.54) is 6.92 Å². The highest BCUT2D eigenvalue weighted by molar-refractivity contribution is 5.94. The van der Waals surface area contributed by atoms with E-state index in [4.69, 9.17) is 0 Å². The molecule has 0 radical (unpaired) electrons. The predicted molar refractivity (Wildman–Crippen MR) is 101 cm³/mol. The summed E-state index contributed by atoms with van der Waals surface area (Å²) in [5, 5.41) is 5.47. The molecule has 0 heterocycles. The first-order valence-corrected chi connectivity index (χ1v) is 7.88. The van der Waals surface area contributed by atoms with Crippen LogP contribution < -0.4 is 15.5 Å². The van der Waals surface area contributed by atoms with Crippen LogP contribution in [-0.4, -0.2) is 32.5 Å². The van der Waals surface area contributed by atoms with E-state index < -0.39 is 0 Å². The standard InChI is InChI=1S/C20H21N3O2/c1-15(24)22-18-10-6-16(7-11-18)5-4-14-21-20(25)17-8-12-19(13-9-17)23(2)3/h6-13H,14H2,1-3H3,(H,21,25)(H,22,24). The molecular weight excluding hydrogens is 314 g/mol. The van der Waals surface area contributed by atoms with E-state index in [-0.39, 0.29) is 18.4 Å². The van der Waals surface area contributed by atoms with Gasteiger partial charge in [-0.25, -0.2) is 0 Å². The minimum Gasteiger partial charge on any atom is -0.378 e. The van der Waals surface area contributed by atoms with Crippen LogP contribution in [0.2, 0.25) is 0 Å². The predicted octanol–water partition coefficient (Wildman–Crippen LogP) is 2.49. The van der Waals surface area contributed by atoms with Gasteiger partial charge in [0.15, 0.2) is 0 Å². The molecule has 0 aromatic heterocycles. The van der Waals surface area contributed by atoms with Gasteiger partial charge in [-0.3, -0.25) is 9.59 Å². The largest absolute Gasteiger partial charge is 0.378 e. The zero-order valence-corrected chi connectivity index (χ0v) is 14.6. The van der Waals surface area contributed by atoms with Crippen LogP contribution in [0.1, 0.15) is 22.8 Å². The van der Waals surface area contributed by atoms with Crippen molar-refractivity contribution in [2.45, 2.75) is 6.92 Å². The van der Waals surface area contributed by atoms with E-state index in [1.54, 1.807) is 24.3 Å². The molecule has 0 fully saturated rings. The van der Waals surface area contributed by atoms with Crippen LogP contribution in [0.5, 0.6) is 0 Å². The summed E-state index contributed by atoms with van der Waals surface area (Å²) in [6.45, 7) is 1.73. The summed E-state index contributed by atoms with van der Waals surface area (Å²) in [6, 6.07) is 14.6. The van der Waals surface area contributed by atoms with E-state index in [9.17, 15) is 9.59 Å². The maximum atomic E-state index is 12.1. The Labute approximate surface area is 148 Å². The van der Waals surface area contributed by atoms with Gasteiger partial charge in [0.1, 0.15) is 0 Å². The second-order valence-corrected chi connectivity index (χ2v) is 5.68. The quantitative estimate of drug-likeness (QED) is 0.844. The lowest BCUT2D eigenvalue weighted by molar-refractivity contribution is -0.114. The third-order valence-electron chi connectivity index (χ3n) is 3.42. The van der Waals surface area contributed by atoms with Crippen LogP contribution in [0.4, 0.5) is 11.4 Å². The summed E-state index contributed by atoms with van der Waals surface area (Å²) >= 11 is 0. The van der Waals surface area contributed by atoms with Crippen molar-refractivity contribution in [1.82, 2.24) is 5.32 Å². The Morgan fingerprint density at radius 2 is 1.64 bits per heavy atom.